The molecule has 34 heavy (non-hydrogen) atoms. The van der Waals surface area contributed by atoms with Crippen molar-refractivity contribution in [3.8, 4) is 17.0 Å². The Balaban J connectivity index is 1.69. The molecule has 4 heterocycles. The van der Waals surface area contributed by atoms with Crippen molar-refractivity contribution in [3.63, 3.8) is 0 Å². The number of ether oxygens (including phenoxy) is 1. The van der Waals surface area contributed by atoms with E-state index in [9.17, 15) is 4.79 Å². The number of carbonyl (C=O) groups excluding carboxylic acids is 1. The molecule has 0 bridgehead atoms. The Hall–Kier alpha value is -4.01. The standard InChI is InChI=1S/C25H27N7O2/c1-4-16-9-19(11-20(10-16)34-3)28-23-7-6-21-25(32(23)15-18-5-8-24(33)29-18)30-22(13-26-21)17-12-27-31(2)14-17/h6-7,9-14,18H,4-5,8,15H2,1-3H3,(H,29,33). The van der Waals surface area contributed by atoms with Crippen LogP contribution >= 0.6 is 0 Å². The van der Waals surface area contributed by atoms with Crippen molar-refractivity contribution in [2.24, 2.45) is 12.0 Å². The average molecular weight is 458 g/mol. The third kappa shape index (κ3) is 4.41. The largest absolute Gasteiger partial charge is 0.497 e. The highest BCUT2D eigenvalue weighted by Gasteiger charge is 2.22. The molecule has 174 valence electrons. The molecular formula is C25H27N7O2. The number of amides is 1. The van der Waals surface area contributed by atoms with Crippen LogP contribution in [0, 0.1) is 0 Å². The Morgan fingerprint density at radius 3 is 2.82 bits per heavy atom. The fourth-order valence-corrected chi connectivity index (χ4v) is 4.22. The van der Waals surface area contributed by atoms with E-state index in [2.05, 4.69) is 28.4 Å². The number of fused-ring (bicyclic) bond motifs is 1. The highest BCUT2D eigenvalue weighted by Crippen LogP contribution is 2.24. The van der Waals surface area contributed by atoms with Gasteiger partial charge in [-0.05, 0) is 42.7 Å². The van der Waals surface area contributed by atoms with Crippen LogP contribution in [-0.2, 0) is 24.8 Å². The normalized spacial score (nSPS) is 16.3. The number of methoxy groups -OCH3 is 1. The molecule has 9 heteroatoms. The van der Waals surface area contributed by atoms with Crippen molar-refractivity contribution in [2.75, 3.05) is 7.11 Å². The SMILES string of the molecule is CCc1cc(N=c2ccc3ncc(-c4cnn(C)c4)nc3n2CC2CCC(=O)N2)cc(OC)c1. The summed E-state index contributed by atoms with van der Waals surface area (Å²) in [7, 11) is 3.53. The molecule has 1 aliphatic rings. The lowest BCUT2D eigenvalue weighted by molar-refractivity contribution is -0.119. The predicted molar refractivity (Wildman–Crippen MR) is 128 cm³/mol. The van der Waals surface area contributed by atoms with E-state index in [1.807, 2.05) is 42.1 Å². The van der Waals surface area contributed by atoms with Crippen LogP contribution in [0.15, 0.2) is 53.9 Å². The van der Waals surface area contributed by atoms with Gasteiger partial charge < -0.3 is 14.6 Å². The molecule has 1 amide bonds. The summed E-state index contributed by atoms with van der Waals surface area (Å²) >= 11 is 0. The second-order valence-electron chi connectivity index (χ2n) is 8.48. The lowest BCUT2D eigenvalue weighted by Gasteiger charge is -2.16. The molecule has 0 saturated carbocycles. The summed E-state index contributed by atoms with van der Waals surface area (Å²) < 4.78 is 9.26. The molecule has 1 aromatic carbocycles. The fourth-order valence-electron chi connectivity index (χ4n) is 4.22. The summed E-state index contributed by atoms with van der Waals surface area (Å²) in [5, 5.41) is 7.32. The monoisotopic (exact) mass is 457 g/mol. The maximum absolute atomic E-state index is 11.9. The highest BCUT2D eigenvalue weighted by molar-refractivity contribution is 5.78. The Kier molecular flexibility index (Phi) is 5.83. The van der Waals surface area contributed by atoms with E-state index in [1.165, 1.54) is 0 Å². The summed E-state index contributed by atoms with van der Waals surface area (Å²) in [4.78, 5) is 26.4. The van der Waals surface area contributed by atoms with E-state index >= 15 is 0 Å². The second kappa shape index (κ2) is 9.09. The molecule has 1 fully saturated rings. The molecule has 9 nitrogen and oxygen atoms in total. The zero-order chi connectivity index (χ0) is 23.7. The quantitative estimate of drug-likeness (QED) is 0.480. The minimum atomic E-state index is 0.0115. The number of nitrogens with zero attached hydrogens (tertiary/aromatic N) is 6. The van der Waals surface area contributed by atoms with Crippen LogP contribution in [0.5, 0.6) is 5.75 Å². The summed E-state index contributed by atoms with van der Waals surface area (Å²) in [6.07, 6.45) is 7.63. The number of nitrogens with one attached hydrogen (secondary N) is 1. The minimum Gasteiger partial charge on any atom is -0.497 e. The van der Waals surface area contributed by atoms with Crippen molar-refractivity contribution in [1.29, 1.82) is 0 Å². The van der Waals surface area contributed by atoms with E-state index in [-0.39, 0.29) is 11.9 Å². The van der Waals surface area contributed by atoms with Gasteiger partial charge in [0.2, 0.25) is 5.91 Å². The van der Waals surface area contributed by atoms with Gasteiger partial charge in [0.25, 0.3) is 0 Å². The van der Waals surface area contributed by atoms with E-state index in [4.69, 9.17) is 14.7 Å². The molecule has 1 unspecified atom stereocenters. The molecular weight excluding hydrogens is 430 g/mol. The van der Waals surface area contributed by atoms with Crippen molar-refractivity contribution in [1.82, 2.24) is 29.6 Å². The first-order valence-corrected chi connectivity index (χ1v) is 11.4. The van der Waals surface area contributed by atoms with Gasteiger partial charge in [-0.2, -0.15) is 5.10 Å². The molecule has 5 rings (SSSR count). The minimum absolute atomic E-state index is 0.0115. The summed E-state index contributed by atoms with van der Waals surface area (Å²) in [5.74, 6) is 0.846. The van der Waals surface area contributed by atoms with Crippen LogP contribution in [0.3, 0.4) is 0 Å². The van der Waals surface area contributed by atoms with Gasteiger partial charge in [0.1, 0.15) is 16.8 Å². The van der Waals surface area contributed by atoms with Gasteiger partial charge in [0.15, 0.2) is 5.65 Å². The average Bonchev–Trinajstić information content (AvgIpc) is 3.47. The van der Waals surface area contributed by atoms with Crippen LogP contribution in [-0.4, -0.2) is 43.4 Å². The van der Waals surface area contributed by atoms with Gasteiger partial charge in [0, 0.05) is 43.9 Å². The number of hydrogen-bond acceptors (Lipinski definition) is 6. The van der Waals surface area contributed by atoms with E-state index < -0.39 is 0 Å². The fraction of sp³-hybridized carbons (Fsp3) is 0.320. The lowest BCUT2D eigenvalue weighted by atomic mass is 10.1. The molecule has 0 spiro atoms. The molecule has 0 radical (unpaired) electrons. The summed E-state index contributed by atoms with van der Waals surface area (Å²) in [6, 6.07) is 9.89. The van der Waals surface area contributed by atoms with Crippen LogP contribution in [0.4, 0.5) is 5.69 Å². The van der Waals surface area contributed by atoms with Crippen LogP contribution in [0.1, 0.15) is 25.3 Å². The summed E-state index contributed by atoms with van der Waals surface area (Å²) in [6.45, 7) is 2.66. The molecule has 3 aromatic heterocycles. The lowest BCUT2D eigenvalue weighted by Crippen LogP contribution is -2.34. The zero-order valence-corrected chi connectivity index (χ0v) is 19.5. The first-order valence-electron chi connectivity index (χ1n) is 11.4. The smallest absolute Gasteiger partial charge is 0.220 e. The maximum atomic E-state index is 11.9. The van der Waals surface area contributed by atoms with Crippen LogP contribution < -0.4 is 15.5 Å². The zero-order valence-electron chi connectivity index (χ0n) is 19.5. The molecule has 0 aliphatic carbocycles. The van der Waals surface area contributed by atoms with Gasteiger partial charge in [-0.3, -0.25) is 14.5 Å². The van der Waals surface area contributed by atoms with Crippen molar-refractivity contribution in [3.05, 3.63) is 60.0 Å². The molecule has 4 aromatic rings. The van der Waals surface area contributed by atoms with Gasteiger partial charge in [-0.1, -0.05) is 6.92 Å². The number of aryl methyl sites for hydroxylation is 2. The third-order valence-electron chi connectivity index (χ3n) is 6.03. The van der Waals surface area contributed by atoms with Gasteiger partial charge in [-0.25, -0.2) is 9.98 Å². The highest BCUT2D eigenvalue weighted by atomic mass is 16.5. The van der Waals surface area contributed by atoms with Gasteiger partial charge >= 0.3 is 0 Å². The molecule has 1 aliphatic heterocycles. The van der Waals surface area contributed by atoms with Crippen molar-refractivity contribution < 1.29 is 9.53 Å². The third-order valence-corrected chi connectivity index (χ3v) is 6.03. The molecule has 1 N–H and O–H groups in total. The van der Waals surface area contributed by atoms with Crippen molar-refractivity contribution >= 4 is 22.8 Å². The summed E-state index contributed by atoms with van der Waals surface area (Å²) in [5.41, 5.74) is 5.78. The number of aromatic nitrogens is 5. The Morgan fingerprint density at radius 2 is 2.12 bits per heavy atom. The van der Waals surface area contributed by atoms with Crippen LogP contribution in [0.25, 0.3) is 22.4 Å². The van der Waals surface area contributed by atoms with Crippen molar-refractivity contribution in [2.45, 2.75) is 38.8 Å². The Labute approximate surface area is 197 Å². The predicted octanol–water partition coefficient (Wildman–Crippen LogP) is 2.91. The number of pyridine rings is 1. The first kappa shape index (κ1) is 21.8. The second-order valence-corrected chi connectivity index (χ2v) is 8.48. The number of carbonyl (C=O) groups is 1. The topological polar surface area (TPSA) is 99.2 Å². The number of benzene rings is 1. The Bertz CT molecular complexity index is 1410. The Morgan fingerprint density at radius 1 is 1.24 bits per heavy atom. The first-order chi connectivity index (χ1) is 16.5. The molecule has 1 saturated heterocycles. The number of hydrogen-bond donors (Lipinski definition) is 1. The van der Waals surface area contributed by atoms with E-state index in [0.717, 1.165) is 52.1 Å². The van der Waals surface area contributed by atoms with Gasteiger partial charge in [-0.15, -0.1) is 0 Å². The maximum Gasteiger partial charge on any atom is 0.220 e. The number of rotatable bonds is 6. The van der Waals surface area contributed by atoms with E-state index in [1.54, 1.807) is 24.2 Å². The van der Waals surface area contributed by atoms with E-state index in [0.29, 0.717) is 18.6 Å². The van der Waals surface area contributed by atoms with Crippen LogP contribution in [0.2, 0.25) is 0 Å². The molecule has 1 atom stereocenters. The van der Waals surface area contributed by atoms with Gasteiger partial charge in [0.05, 0.1) is 30.9 Å².